The molecule has 0 aromatic heterocycles. The van der Waals surface area contributed by atoms with E-state index in [1.54, 1.807) is 0 Å². The Bertz CT molecular complexity index is 94.1. The van der Waals surface area contributed by atoms with Crippen molar-refractivity contribution in [3.05, 3.63) is 0 Å². The van der Waals surface area contributed by atoms with Gasteiger partial charge in [-0.15, -0.1) is 0 Å². The van der Waals surface area contributed by atoms with E-state index in [1.165, 1.54) is 25.7 Å². The molecule has 1 unspecified atom stereocenters. The minimum atomic E-state index is 0. The summed E-state index contributed by atoms with van der Waals surface area (Å²) in [4.78, 5) is 9.52. The molecule has 1 atom stereocenters. The van der Waals surface area contributed by atoms with Crippen LogP contribution in [0.2, 0.25) is 0 Å². The maximum absolute atomic E-state index is 4.76. The summed E-state index contributed by atoms with van der Waals surface area (Å²) in [6.45, 7) is 4.40. The Morgan fingerprint density at radius 2 is 1.91 bits per heavy atom. The fourth-order valence-corrected chi connectivity index (χ4v) is 1.19. The molecule has 1 heterocycles. The standard InChI is InChI=1S/C8H16O2.Ti/c1-3-5-6-7(4-2)8-9-10-8;/h7-8H,3-6H2,1-2H3;. The van der Waals surface area contributed by atoms with Crippen molar-refractivity contribution in [1.29, 1.82) is 0 Å². The number of hydrogen-bond donors (Lipinski definition) is 0. The third-order valence-electron chi connectivity index (χ3n) is 2.05. The van der Waals surface area contributed by atoms with Crippen molar-refractivity contribution < 1.29 is 31.5 Å². The van der Waals surface area contributed by atoms with Crippen LogP contribution in [0, 0.1) is 5.92 Å². The van der Waals surface area contributed by atoms with Crippen molar-refractivity contribution in [2.45, 2.75) is 45.8 Å². The molecule has 1 aliphatic heterocycles. The fraction of sp³-hybridized carbons (Fsp3) is 1.00. The third-order valence-corrected chi connectivity index (χ3v) is 2.05. The van der Waals surface area contributed by atoms with E-state index in [1.807, 2.05) is 0 Å². The van der Waals surface area contributed by atoms with Crippen LogP contribution in [0.4, 0.5) is 0 Å². The van der Waals surface area contributed by atoms with Gasteiger partial charge >= 0.3 is 0 Å². The zero-order valence-electron chi connectivity index (χ0n) is 7.30. The van der Waals surface area contributed by atoms with Gasteiger partial charge in [0.25, 0.3) is 0 Å². The van der Waals surface area contributed by atoms with Crippen LogP contribution in [0.25, 0.3) is 0 Å². The molecule has 3 heteroatoms. The molecule has 0 saturated carbocycles. The van der Waals surface area contributed by atoms with Gasteiger partial charge < -0.3 is 0 Å². The van der Waals surface area contributed by atoms with Crippen LogP contribution in [-0.2, 0) is 31.5 Å². The second-order valence-electron chi connectivity index (χ2n) is 2.87. The van der Waals surface area contributed by atoms with Gasteiger partial charge in [-0.2, -0.15) is 9.78 Å². The average Bonchev–Trinajstić information content (AvgIpc) is 2.73. The summed E-state index contributed by atoms with van der Waals surface area (Å²) < 4.78 is 0. The van der Waals surface area contributed by atoms with Crippen LogP contribution in [-0.4, -0.2) is 6.29 Å². The zero-order chi connectivity index (χ0) is 7.40. The molecule has 0 aromatic rings. The van der Waals surface area contributed by atoms with Crippen LogP contribution in [0.1, 0.15) is 39.5 Å². The van der Waals surface area contributed by atoms with Crippen molar-refractivity contribution in [3.8, 4) is 0 Å². The van der Waals surface area contributed by atoms with Gasteiger partial charge in [-0.25, -0.2) is 0 Å². The number of hydrogen-bond acceptors (Lipinski definition) is 2. The van der Waals surface area contributed by atoms with Gasteiger partial charge in [0.2, 0.25) is 6.29 Å². The van der Waals surface area contributed by atoms with Crippen molar-refractivity contribution in [3.63, 3.8) is 0 Å². The summed E-state index contributed by atoms with van der Waals surface area (Å²) in [7, 11) is 0. The second-order valence-corrected chi connectivity index (χ2v) is 2.87. The molecule has 64 valence electrons. The van der Waals surface area contributed by atoms with Crippen LogP contribution in [0.5, 0.6) is 0 Å². The zero-order valence-corrected chi connectivity index (χ0v) is 8.86. The Kier molecular flexibility index (Phi) is 6.54. The topological polar surface area (TPSA) is 25.1 Å². The molecule has 0 spiro atoms. The minimum absolute atomic E-state index is 0. The van der Waals surface area contributed by atoms with E-state index in [4.69, 9.17) is 9.78 Å². The first-order valence-electron chi connectivity index (χ1n) is 4.20. The van der Waals surface area contributed by atoms with Gasteiger partial charge in [0, 0.05) is 27.6 Å². The maximum atomic E-state index is 4.76. The Morgan fingerprint density at radius 3 is 2.27 bits per heavy atom. The summed E-state index contributed by atoms with van der Waals surface area (Å²) in [5.41, 5.74) is 0. The summed E-state index contributed by atoms with van der Waals surface area (Å²) in [5.74, 6) is 0.639. The molecule has 0 amide bonds. The molecular formula is C8H16O2Ti. The van der Waals surface area contributed by atoms with E-state index < -0.39 is 0 Å². The first kappa shape index (κ1) is 11.6. The average molecular weight is 192 g/mol. The van der Waals surface area contributed by atoms with Gasteiger partial charge in [0.05, 0.1) is 0 Å². The van der Waals surface area contributed by atoms with Gasteiger partial charge in [-0.1, -0.05) is 26.7 Å². The molecule has 0 aliphatic carbocycles. The molecule has 1 saturated heterocycles. The number of unbranched alkanes of at least 4 members (excludes halogenated alkanes) is 1. The van der Waals surface area contributed by atoms with E-state index in [0.717, 1.165) is 0 Å². The van der Waals surface area contributed by atoms with Crippen molar-refractivity contribution in [2.75, 3.05) is 0 Å². The smallest absolute Gasteiger partial charge is 0.198 e. The quantitative estimate of drug-likeness (QED) is 0.379. The van der Waals surface area contributed by atoms with E-state index in [0.29, 0.717) is 5.92 Å². The van der Waals surface area contributed by atoms with E-state index in [2.05, 4.69) is 13.8 Å². The van der Waals surface area contributed by atoms with Gasteiger partial charge in [-0.3, -0.25) is 0 Å². The van der Waals surface area contributed by atoms with Gasteiger partial charge in [0.1, 0.15) is 0 Å². The summed E-state index contributed by atoms with van der Waals surface area (Å²) >= 11 is 0. The molecule has 0 N–H and O–H groups in total. The Morgan fingerprint density at radius 1 is 1.27 bits per heavy atom. The monoisotopic (exact) mass is 192 g/mol. The summed E-state index contributed by atoms with van der Waals surface area (Å²) in [6, 6.07) is 0. The molecule has 11 heavy (non-hydrogen) atoms. The van der Waals surface area contributed by atoms with Crippen molar-refractivity contribution in [2.24, 2.45) is 5.92 Å². The molecule has 0 bridgehead atoms. The molecule has 0 aromatic carbocycles. The Balaban J connectivity index is 0.000001000. The van der Waals surface area contributed by atoms with Crippen LogP contribution in [0.3, 0.4) is 0 Å². The summed E-state index contributed by atoms with van der Waals surface area (Å²) in [6.07, 6.45) is 5.12. The first-order valence-corrected chi connectivity index (χ1v) is 4.20. The molecule has 1 rings (SSSR count). The van der Waals surface area contributed by atoms with E-state index in [-0.39, 0.29) is 28.0 Å². The predicted molar refractivity (Wildman–Crippen MR) is 39.3 cm³/mol. The van der Waals surface area contributed by atoms with E-state index >= 15 is 0 Å². The minimum Gasteiger partial charge on any atom is -0.198 e. The third kappa shape index (κ3) is 4.26. The van der Waals surface area contributed by atoms with E-state index in [9.17, 15) is 0 Å². The Labute approximate surface area is 83.5 Å². The molecule has 1 fully saturated rings. The molecule has 1 aliphatic rings. The predicted octanol–water partition coefficient (Wildman–Crippen LogP) is 2.49. The second kappa shape index (κ2) is 6.18. The summed E-state index contributed by atoms with van der Waals surface area (Å²) in [5, 5.41) is 0. The number of rotatable bonds is 5. The van der Waals surface area contributed by atoms with Crippen LogP contribution in [0.15, 0.2) is 0 Å². The normalized spacial score (nSPS) is 19.1. The van der Waals surface area contributed by atoms with Crippen molar-refractivity contribution >= 4 is 0 Å². The Hall–Kier alpha value is 0.634. The maximum Gasteiger partial charge on any atom is 0.227 e. The molecular weight excluding hydrogens is 176 g/mol. The largest absolute Gasteiger partial charge is 0.227 e. The molecule has 0 radical (unpaired) electrons. The van der Waals surface area contributed by atoms with Gasteiger partial charge in [0.15, 0.2) is 0 Å². The van der Waals surface area contributed by atoms with Crippen LogP contribution < -0.4 is 0 Å². The van der Waals surface area contributed by atoms with Gasteiger partial charge in [-0.05, 0) is 12.8 Å². The SMILES string of the molecule is CCCCC(CC)C1OO1.[Ti]. The first-order chi connectivity index (χ1) is 4.88. The molecule has 2 nitrogen and oxygen atoms in total. The fourth-order valence-electron chi connectivity index (χ4n) is 1.19. The van der Waals surface area contributed by atoms with Crippen LogP contribution >= 0.6 is 0 Å². The van der Waals surface area contributed by atoms with Crippen molar-refractivity contribution in [1.82, 2.24) is 0 Å².